The summed E-state index contributed by atoms with van der Waals surface area (Å²) in [6, 6.07) is 19.3. The summed E-state index contributed by atoms with van der Waals surface area (Å²) in [5, 5.41) is 11.3. The number of amides is 1. The molecule has 44 heavy (non-hydrogen) atoms. The van der Waals surface area contributed by atoms with Crippen LogP contribution < -0.4 is 15.0 Å². The second-order valence-electron chi connectivity index (χ2n) is 12.8. The van der Waals surface area contributed by atoms with Crippen molar-refractivity contribution < 1.29 is 19.4 Å². The molecule has 4 heterocycles. The number of carboxylic acid groups (broad SMARTS) is 1. The molecular formula is C35H40N4O5. The van der Waals surface area contributed by atoms with E-state index in [9.17, 15) is 14.7 Å². The van der Waals surface area contributed by atoms with E-state index in [2.05, 4.69) is 36.7 Å². The molecule has 2 aromatic heterocycles. The molecular weight excluding hydrogens is 556 g/mol. The van der Waals surface area contributed by atoms with Crippen LogP contribution in [0.1, 0.15) is 39.2 Å². The van der Waals surface area contributed by atoms with Crippen LogP contribution in [0.25, 0.3) is 22.0 Å². The van der Waals surface area contributed by atoms with Gasteiger partial charge in [-0.05, 0) is 65.3 Å². The van der Waals surface area contributed by atoms with Crippen LogP contribution in [-0.4, -0.2) is 68.9 Å². The molecule has 2 aliphatic rings. The Bertz CT molecular complexity index is 1700. The summed E-state index contributed by atoms with van der Waals surface area (Å²) in [6.07, 6.45) is 4.01. The maximum atomic E-state index is 13.5. The fourth-order valence-corrected chi connectivity index (χ4v) is 6.75. The van der Waals surface area contributed by atoms with E-state index in [4.69, 9.17) is 9.47 Å². The van der Waals surface area contributed by atoms with Gasteiger partial charge in [0.15, 0.2) is 11.5 Å². The highest BCUT2D eigenvalue weighted by Crippen LogP contribution is 2.36. The quantitative estimate of drug-likeness (QED) is 0.284. The molecule has 6 rings (SSSR count). The van der Waals surface area contributed by atoms with Gasteiger partial charge >= 0.3 is 6.09 Å². The number of aromatic nitrogens is 2. The summed E-state index contributed by atoms with van der Waals surface area (Å²) >= 11 is 0. The molecule has 0 saturated carbocycles. The number of hydrogen-bond acceptors (Lipinski definition) is 6. The Morgan fingerprint density at radius 3 is 2.50 bits per heavy atom. The first kappa shape index (κ1) is 29.7. The molecule has 1 N–H and O–H groups in total. The Kier molecular flexibility index (Phi) is 8.31. The Balaban J connectivity index is 1.21. The lowest BCUT2D eigenvalue weighted by Gasteiger charge is -2.48. The Morgan fingerprint density at radius 2 is 1.75 bits per heavy atom. The number of hydrogen-bond donors (Lipinski definition) is 1. The number of carbonyl (C=O) groups is 1. The Morgan fingerprint density at radius 1 is 1.00 bits per heavy atom. The van der Waals surface area contributed by atoms with Crippen molar-refractivity contribution >= 4 is 17.0 Å². The van der Waals surface area contributed by atoms with Gasteiger partial charge in [-0.2, -0.15) is 0 Å². The van der Waals surface area contributed by atoms with E-state index in [1.165, 1.54) is 0 Å². The fourth-order valence-electron chi connectivity index (χ4n) is 6.75. The fraction of sp³-hybridized carbons (Fsp3) is 0.400. The highest BCUT2D eigenvalue weighted by atomic mass is 16.6. The number of rotatable bonds is 7. The van der Waals surface area contributed by atoms with Crippen LogP contribution in [0, 0.1) is 5.41 Å². The lowest BCUT2D eigenvalue weighted by atomic mass is 9.78. The van der Waals surface area contributed by atoms with Crippen LogP contribution in [0.5, 0.6) is 11.5 Å². The van der Waals surface area contributed by atoms with Crippen molar-refractivity contribution in [3.05, 3.63) is 89.0 Å². The largest absolute Gasteiger partial charge is 0.486 e. The smallest absolute Gasteiger partial charge is 0.407 e. The lowest BCUT2D eigenvalue weighted by molar-refractivity contribution is 0.0131. The van der Waals surface area contributed by atoms with Gasteiger partial charge in [-0.15, -0.1) is 0 Å². The van der Waals surface area contributed by atoms with Crippen molar-refractivity contribution in [3.8, 4) is 22.6 Å². The van der Waals surface area contributed by atoms with Crippen LogP contribution in [0.4, 0.5) is 4.79 Å². The van der Waals surface area contributed by atoms with Gasteiger partial charge in [-0.1, -0.05) is 45.0 Å². The normalized spacial score (nSPS) is 18.7. The van der Waals surface area contributed by atoms with Crippen molar-refractivity contribution in [1.82, 2.24) is 19.4 Å². The molecule has 2 atom stereocenters. The summed E-state index contributed by atoms with van der Waals surface area (Å²) in [4.78, 5) is 34.2. The third-order valence-corrected chi connectivity index (χ3v) is 8.95. The van der Waals surface area contributed by atoms with E-state index in [0.29, 0.717) is 44.3 Å². The number of piperidine rings is 1. The van der Waals surface area contributed by atoms with Gasteiger partial charge in [-0.3, -0.25) is 14.7 Å². The van der Waals surface area contributed by atoms with Gasteiger partial charge in [0.1, 0.15) is 13.2 Å². The zero-order valence-corrected chi connectivity index (χ0v) is 25.6. The average molecular weight is 597 g/mol. The highest BCUT2D eigenvalue weighted by Gasteiger charge is 2.39. The van der Waals surface area contributed by atoms with Gasteiger partial charge in [0.25, 0.3) is 5.56 Å². The predicted molar refractivity (Wildman–Crippen MR) is 170 cm³/mol. The number of nitrogens with zero attached hydrogens (tertiary/aromatic N) is 4. The first-order valence-corrected chi connectivity index (χ1v) is 15.3. The lowest BCUT2D eigenvalue weighted by Crippen LogP contribution is -2.55. The summed E-state index contributed by atoms with van der Waals surface area (Å²) in [5.74, 6) is 1.36. The molecule has 230 valence electrons. The molecule has 0 bridgehead atoms. The zero-order valence-electron chi connectivity index (χ0n) is 25.6. The number of benzene rings is 2. The molecule has 4 aromatic rings. The summed E-state index contributed by atoms with van der Waals surface area (Å²) in [7, 11) is 0. The highest BCUT2D eigenvalue weighted by molar-refractivity contribution is 5.94. The van der Waals surface area contributed by atoms with Crippen LogP contribution in [0.2, 0.25) is 0 Å². The van der Waals surface area contributed by atoms with E-state index in [0.717, 1.165) is 47.0 Å². The SMILES string of the molecule is CC(C)(C)C1CC(N(Cc2ccc3c(c2)OCCO3)C(=O)O)CCN1CCn1c(=O)cc(-c2ccncc2)c2ccccc21. The molecule has 1 amide bonds. The Hall–Kier alpha value is -4.37. The minimum absolute atomic E-state index is 0.0332. The summed E-state index contributed by atoms with van der Waals surface area (Å²) in [5.41, 5.74) is 3.55. The monoisotopic (exact) mass is 596 g/mol. The van der Waals surface area contributed by atoms with Gasteiger partial charge in [0.2, 0.25) is 0 Å². The Labute approximate surface area is 257 Å². The molecule has 2 aliphatic heterocycles. The van der Waals surface area contributed by atoms with E-state index >= 15 is 0 Å². The van der Waals surface area contributed by atoms with Gasteiger partial charge < -0.3 is 24.0 Å². The standard InChI is InChI=1S/C35H40N4O5/c1-35(2,3)32-21-26(39(34(41)42)23-24-8-9-30-31(20-24)44-19-18-43-30)12-15-37(32)16-17-38-29-7-5-4-6-27(29)28(22-33(38)40)25-10-13-36-14-11-25/h4-11,13-14,20,22,26,32H,12,15-19,21,23H2,1-3H3,(H,41,42). The minimum atomic E-state index is -0.918. The summed E-state index contributed by atoms with van der Waals surface area (Å²) < 4.78 is 13.2. The molecule has 9 heteroatoms. The number of fused-ring (bicyclic) bond motifs is 2. The van der Waals surface area contributed by atoms with E-state index in [1.807, 2.05) is 53.1 Å². The third kappa shape index (κ3) is 6.15. The molecule has 1 saturated heterocycles. The van der Waals surface area contributed by atoms with Crippen molar-refractivity contribution in [2.45, 2.75) is 58.8 Å². The molecule has 0 radical (unpaired) electrons. The van der Waals surface area contributed by atoms with E-state index in [-0.39, 0.29) is 23.1 Å². The van der Waals surface area contributed by atoms with E-state index in [1.54, 1.807) is 23.4 Å². The van der Waals surface area contributed by atoms with Crippen LogP contribution in [0.3, 0.4) is 0 Å². The molecule has 2 aromatic carbocycles. The molecule has 9 nitrogen and oxygen atoms in total. The molecule has 2 unspecified atom stereocenters. The van der Waals surface area contributed by atoms with Gasteiger partial charge in [0.05, 0.1) is 5.52 Å². The first-order chi connectivity index (χ1) is 21.2. The third-order valence-electron chi connectivity index (χ3n) is 8.95. The summed E-state index contributed by atoms with van der Waals surface area (Å²) in [6.45, 7) is 9.93. The minimum Gasteiger partial charge on any atom is -0.486 e. The molecule has 0 spiro atoms. The van der Waals surface area contributed by atoms with Crippen molar-refractivity contribution in [2.24, 2.45) is 5.41 Å². The maximum Gasteiger partial charge on any atom is 0.407 e. The molecule has 1 fully saturated rings. The van der Waals surface area contributed by atoms with Gasteiger partial charge in [0, 0.05) is 62.1 Å². The second-order valence-corrected chi connectivity index (χ2v) is 12.8. The van der Waals surface area contributed by atoms with Gasteiger partial charge in [-0.25, -0.2) is 4.79 Å². The second kappa shape index (κ2) is 12.3. The van der Waals surface area contributed by atoms with Crippen LogP contribution in [0.15, 0.2) is 77.9 Å². The van der Waals surface area contributed by atoms with Crippen molar-refractivity contribution in [2.75, 3.05) is 26.3 Å². The topological polar surface area (TPSA) is 97.1 Å². The number of pyridine rings is 2. The van der Waals surface area contributed by atoms with Crippen molar-refractivity contribution in [3.63, 3.8) is 0 Å². The average Bonchev–Trinajstić information content (AvgIpc) is 3.02. The van der Waals surface area contributed by atoms with E-state index < -0.39 is 6.09 Å². The molecule has 0 aliphatic carbocycles. The first-order valence-electron chi connectivity index (χ1n) is 15.3. The number of likely N-dealkylation sites (tertiary alicyclic amines) is 1. The van der Waals surface area contributed by atoms with Crippen molar-refractivity contribution in [1.29, 1.82) is 0 Å². The van der Waals surface area contributed by atoms with Crippen LogP contribution >= 0.6 is 0 Å². The maximum absolute atomic E-state index is 13.5. The zero-order chi connectivity index (χ0) is 30.8. The number of ether oxygens (including phenoxy) is 2. The van der Waals surface area contributed by atoms with Crippen LogP contribution in [-0.2, 0) is 13.1 Å². The predicted octanol–water partition coefficient (Wildman–Crippen LogP) is 5.89. The number of para-hydroxylation sites is 1.